The van der Waals surface area contributed by atoms with Gasteiger partial charge in [0.1, 0.15) is 0 Å². The van der Waals surface area contributed by atoms with Gasteiger partial charge in [-0.25, -0.2) is 0 Å². The van der Waals surface area contributed by atoms with Gasteiger partial charge in [-0.2, -0.15) is 0 Å². The van der Waals surface area contributed by atoms with Crippen LogP contribution in [0.5, 0.6) is 0 Å². The van der Waals surface area contributed by atoms with Crippen LogP contribution < -0.4 is 5.32 Å². The van der Waals surface area contributed by atoms with Crippen molar-refractivity contribution in [2.24, 2.45) is 5.92 Å². The number of halogens is 1. The van der Waals surface area contributed by atoms with Crippen LogP contribution in [0, 0.1) is 5.92 Å². The molecule has 0 saturated carbocycles. The summed E-state index contributed by atoms with van der Waals surface area (Å²) < 4.78 is 6.24. The molecule has 29 heavy (non-hydrogen) atoms. The summed E-state index contributed by atoms with van der Waals surface area (Å²) in [5.41, 5.74) is 3.84. The third kappa shape index (κ3) is 5.01. The lowest BCUT2D eigenvalue weighted by molar-refractivity contribution is -0.136. The van der Waals surface area contributed by atoms with E-state index in [4.69, 9.17) is 4.74 Å². The smallest absolute Gasteiger partial charge is 0.227 e. The van der Waals surface area contributed by atoms with Gasteiger partial charge in [0.05, 0.1) is 17.1 Å². The summed E-state index contributed by atoms with van der Waals surface area (Å²) in [5, 5.41) is 3.46. The number of nitrogens with zero attached hydrogens (tertiary/aromatic N) is 1. The molecule has 0 bridgehead atoms. The van der Waals surface area contributed by atoms with Crippen LogP contribution >= 0.6 is 22.6 Å². The number of hydrogen-bond donors (Lipinski definition) is 1. The molecule has 4 nitrogen and oxygen atoms in total. The Labute approximate surface area is 187 Å². The first-order valence-corrected chi connectivity index (χ1v) is 12.1. The van der Waals surface area contributed by atoms with Gasteiger partial charge in [0, 0.05) is 32.1 Å². The van der Waals surface area contributed by atoms with Crippen molar-refractivity contribution in [3.05, 3.63) is 71.3 Å². The van der Waals surface area contributed by atoms with E-state index in [1.165, 1.54) is 16.7 Å². The highest BCUT2D eigenvalue weighted by atomic mass is 127. The zero-order valence-corrected chi connectivity index (χ0v) is 18.9. The van der Waals surface area contributed by atoms with E-state index in [-0.39, 0.29) is 11.8 Å². The second-order valence-electron chi connectivity index (χ2n) is 8.08. The molecule has 154 valence electrons. The summed E-state index contributed by atoms with van der Waals surface area (Å²) in [7, 11) is 0. The van der Waals surface area contributed by atoms with Gasteiger partial charge in [-0.3, -0.25) is 4.79 Å². The van der Waals surface area contributed by atoms with E-state index in [0.717, 1.165) is 39.0 Å². The van der Waals surface area contributed by atoms with Crippen molar-refractivity contribution in [2.45, 2.75) is 31.3 Å². The largest absolute Gasteiger partial charge is 0.366 e. The number of ether oxygens (including phenoxy) is 1. The SMILES string of the molecule is O=C([C@@H]1CNC[C@H]1c1cccc(COCI)c1)N1CCC(c2ccccc2)CC1. The van der Waals surface area contributed by atoms with Crippen LogP contribution in [0.3, 0.4) is 0 Å². The van der Waals surface area contributed by atoms with Crippen molar-refractivity contribution >= 4 is 28.5 Å². The van der Waals surface area contributed by atoms with E-state index in [9.17, 15) is 4.79 Å². The van der Waals surface area contributed by atoms with Crippen molar-refractivity contribution in [1.82, 2.24) is 10.2 Å². The monoisotopic (exact) mass is 504 g/mol. The molecule has 2 aliphatic heterocycles. The highest BCUT2D eigenvalue weighted by Crippen LogP contribution is 2.33. The Bertz CT molecular complexity index is 806. The first kappa shape index (κ1) is 20.8. The van der Waals surface area contributed by atoms with Crippen molar-refractivity contribution in [1.29, 1.82) is 0 Å². The quantitative estimate of drug-likeness (QED) is 0.471. The molecular formula is C24H29IN2O2. The number of nitrogens with one attached hydrogen (secondary N) is 1. The number of likely N-dealkylation sites (tertiary alicyclic amines) is 1. The minimum atomic E-state index is 0.0315. The lowest BCUT2D eigenvalue weighted by Gasteiger charge is -2.35. The molecule has 1 amide bonds. The highest BCUT2D eigenvalue weighted by molar-refractivity contribution is 14.1. The summed E-state index contributed by atoms with van der Waals surface area (Å²) in [6.45, 7) is 4.00. The maximum atomic E-state index is 13.3. The fraction of sp³-hybridized carbons (Fsp3) is 0.458. The van der Waals surface area contributed by atoms with Crippen molar-refractivity contribution in [3.63, 3.8) is 0 Å². The van der Waals surface area contributed by atoms with Crippen LogP contribution in [0.25, 0.3) is 0 Å². The summed E-state index contributed by atoms with van der Waals surface area (Å²) in [6, 6.07) is 19.3. The Hall–Kier alpha value is -1.44. The number of amides is 1. The molecule has 0 aromatic heterocycles. The third-order valence-corrected chi connectivity index (χ3v) is 6.77. The summed E-state index contributed by atoms with van der Waals surface area (Å²) in [4.78, 5) is 15.4. The number of alkyl halides is 1. The summed E-state index contributed by atoms with van der Waals surface area (Å²) in [5.74, 6) is 1.17. The molecule has 2 aromatic carbocycles. The maximum absolute atomic E-state index is 13.3. The van der Waals surface area contributed by atoms with Crippen LogP contribution in [-0.2, 0) is 16.1 Å². The van der Waals surface area contributed by atoms with Gasteiger partial charge in [0.15, 0.2) is 0 Å². The molecule has 2 saturated heterocycles. The minimum absolute atomic E-state index is 0.0315. The maximum Gasteiger partial charge on any atom is 0.227 e. The minimum Gasteiger partial charge on any atom is -0.366 e. The zero-order chi connectivity index (χ0) is 20.1. The van der Waals surface area contributed by atoms with Crippen LogP contribution in [0.15, 0.2) is 54.6 Å². The van der Waals surface area contributed by atoms with Crippen molar-refractivity contribution < 1.29 is 9.53 Å². The van der Waals surface area contributed by atoms with Gasteiger partial charge in [-0.15, -0.1) is 0 Å². The molecule has 4 rings (SSSR count). The Morgan fingerprint density at radius 2 is 1.79 bits per heavy atom. The first-order valence-electron chi connectivity index (χ1n) is 10.5. The normalized spacial score (nSPS) is 22.7. The van der Waals surface area contributed by atoms with Gasteiger partial charge >= 0.3 is 0 Å². The van der Waals surface area contributed by atoms with E-state index in [0.29, 0.717) is 23.0 Å². The van der Waals surface area contributed by atoms with Crippen LogP contribution in [-0.4, -0.2) is 41.6 Å². The molecule has 1 N–H and O–H groups in total. The summed E-state index contributed by atoms with van der Waals surface area (Å²) in [6.07, 6.45) is 2.12. The first-order chi connectivity index (χ1) is 14.3. The van der Waals surface area contributed by atoms with Gasteiger partial charge in [0.25, 0.3) is 0 Å². The zero-order valence-electron chi connectivity index (χ0n) is 16.7. The van der Waals surface area contributed by atoms with Crippen molar-refractivity contribution in [3.8, 4) is 0 Å². The summed E-state index contributed by atoms with van der Waals surface area (Å²) >= 11 is 2.22. The lowest BCUT2D eigenvalue weighted by atomic mass is 9.85. The van der Waals surface area contributed by atoms with E-state index in [2.05, 4.69) is 87.4 Å². The molecule has 2 fully saturated rings. The third-order valence-electron chi connectivity index (χ3n) is 6.33. The van der Waals surface area contributed by atoms with Gasteiger partial charge in [-0.05, 0) is 35.4 Å². The predicted molar refractivity (Wildman–Crippen MR) is 124 cm³/mol. The Morgan fingerprint density at radius 3 is 2.55 bits per heavy atom. The van der Waals surface area contributed by atoms with Gasteiger partial charge in [0.2, 0.25) is 5.91 Å². The Balaban J connectivity index is 1.40. The van der Waals surface area contributed by atoms with Crippen molar-refractivity contribution in [2.75, 3.05) is 30.8 Å². The van der Waals surface area contributed by atoms with Crippen LogP contribution in [0.1, 0.15) is 41.4 Å². The highest BCUT2D eigenvalue weighted by Gasteiger charge is 2.37. The van der Waals surface area contributed by atoms with Gasteiger partial charge in [-0.1, -0.05) is 77.2 Å². The Morgan fingerprint density at radius 1 is 1.03 bits per heavy atom. The number of rotatable bonds is 6. The number of hydrogen-bond acceptors (Lipinski definition) is 3. The molecule has 2 atom stereocenters. The molecule has 0 unspecified atom stereocenters. The molecule has 5 heteroatoms. The number of carbonyl (C=O) groups excluding carboxylic acids is 1. The molecule has 2 aromatic rings. The van der Waals surface area contributed by atoms with Crippen LogP contribution in [0.4, 0.5) is 0 Å². The van der Waals surface area contributed by atoms with Crippen LogP contribution in [0.2, 0.25) is 0 Å². The average Bonchev–Trinajstić information content (AvgIpc) is 3.28. The van der Waals surface area contributed by atoms with E-state index in [1.807, 2.05) is 0 Å². The Kier molecular flexibility index (Phi) is 7.21. The second-order valence-corrected chi connectivity index (χ2v) is 8.71. The number of carbonyl (C=O) groups is 1. The molecular weight excluding hydrogens is 475 g/mol. The molecule has 0 radical (unpaired) electrons. The van der Waals surface area contributed by atoms with E-state index in [1.54, 1.807) is 0 Å². The standard InChI is InChI=1S/C24H29IN2O2/c25-17-29-16-18-5-4-8-21(13-18)22-14-26-15-23(22)24(28)27-11-9-20(10-12-27)19-6-2-1-3-7-19/h1-8,13,20,22-23,26H,9-12,14-17H2/t22-,23+/m0/s1. The lowest BCUT2D eigenvalue weighted by Crippen LogP contribution is -2.43. The topological polar surface area (TPSA) is 41.6 Å². The number of benzene rings is 2. The second kappa shape index (κ2) is 10.0. The van der Waals surface area contributed by atoms with E-state index >= 15 is 0 Å². The average molecular weight is 504 g/mol. The number of piperidine rings is 1. The van der Waals surface area contributed by atoms with Gasteiger partial charge < -0.3 is 15.0 Å². The molecule has 2 aliphatic rings. The molecule has 0 spiro atoms. The fourth-order valence-electron chi connectivity index (χ4n) is 4.75. The van der Waals surface area contributed by atoms with E-state index < -0.39 is 0 Å². The predicted octanol–water partition coefficient (Wildman–Crippen LogP) is 4.30. The molecule has 2 heterocycles. The fourth-order valence-corrected chi connectivity index (χ4v) is 4.97. The molecule has 0 aliphatic carbocycles.